The Morgan fingerprint density at radius 2 is 1.96 bits per heavy atom. The van der Waals surface area contributed by atoms with Gasteiger partial charge in [-0.15, -0.1) is 11.3 Å². The normalized spacial score (nSPS) is 38.3. The van der Waals surface area contributed by atoms with Crippen molar-refractivity contribution in [3.8, 4) is 10.6 Å². The molecule has 3 aliphatic rings. The summed E-state index contributed by atoms with van der Waals surface area (Å²) < 4.78 is 5.93. The number of nitrogens with zero attached hydrogens (tertiary/aromatic N) is 1. The standard InChI is InChI=1S/C22H25NO2S/c1-12-15-9-10-22(3)11-16-18(13(2)17(22)19(15)25-21(12)24)23-20(26-16)14-7-5-4-6-8-14/h4-8,12-13,15,17,19H,9-11H2,1-3H3. The lowest BCUT2D eigenvalue weighted by Gasteiger charge is -2.51. The maximum Gasteiger partial charge on any atom is 0.309 e. The predicted octanol–water partition coefficient (Wildman–Crippen LogP) is 5.06. The van der Waals surface area contributed by atoms with E-state index in [4.69, 9.17) is 9.72 Å². The minimum Gasteiger partial charge on any atom is -0.461 e. The van der Waals surface area contributed by atoms with Gasteiger partial charge in [0.05, 0.1) is 11.6 Å². The highest BCUT2D eigenvalue weighted by molar-refractivity contribution is 7.15. The molecule has 0 amide bonds. The van der Waals surface area contributed by atoms with Crippen LogP contribution >= 0.6 is 11.3 Å². The molecule has 6 atom stereocenters. The Hall–Kier alpha value is -1.68. The Bertz CT molecular complexity index is 860. The molecule has 2 fully saturated rings. The smallest absolute Gasteiger partial charge is 0.309 e. The van der Waals surface area contributed by atoms with E-state index in [2.05, 4.69) is 38.1 Å². The number of benzene rings is 1. The third kappa shape index (κ3) is 2.24. The molecule has 136 valence electrons. The van der Waals surface area contributed by atoms with Gasteiger partial charge < -0.3 is 4.74 Å². The van der Waals surface area contributed by atoms with Crippen molar-refractivity contribution in [1.82, 2.24) is 4.98 Å². The third-order valence-corrected chi connectivity index (χ3v) is 8.30. The quantitative estimate of drug-likeness (QED) is 0.661. The molecule has 2 aromatic rings. The van der Waals surface area contributed by atoms with E-state index in [1.165, 1.54) is 22.6 Å². The van der Waals surface area contributed by atoms with Crippen molar-refractivity contribution in [2.75, 3.05) is 0 Å². The van der Waals surface area contributed by atoms with Gasteiger partial charge in [0.1, 0.15) is 11.1 Å². The van der Waals surface area contributed by atoms with E-state index >= 15 is 0 Å². The van der Waals surface area contributed by atoms with Crippen LogP contribution in [0.1, 0.15) is 50.1 Å². The first kappa shape index (κ1) is 16.5. The van der Waals surface area contributed by atoms with Crippen molar-refractivity contribution in [1.29, 1.82) is 0 Å². The van der Waals surface area contributed by atoms with Crippen LogP contribution in [0.5, 0.6) is 0 Å². The van der Waals surface area contributed by atoms with Crippen LogP contribution in [-0.2, 0) is 16.0 Å². The monoisotopic (exact) mass is 367 g/mol. The molecule has 2 aliphatic carbocycles. The van der Waals surface area contributed by atoms with Gasteiger partial charge in [0.25, 0.3) is 0 Å². The van der Waals surface area contributed by atoms with Crippen LogP contribution in [0.4, 0.5) is 0 Å². The summed E-state index contributed by atoms with van der Waals surface area (Å²) >= 11 is 1.85. The van der Waals surface area contributed by atoms with E-state index in [1.807, 2.05) is 24.3 Å². The number of rotatable bonds is 1. The average Bonchev–Trinajstić information content (AvgIpc) is 3.17. The van der Waals surface area contributed by atoms with Crippen molar-refractivity contribution >= 4 is 17.3 Å². The van der Waals surface area contributed by atoms with Crippen molar-refractivity contribution < 1.29 is 9.53 Å². The number of carbonyl (C=O) groups excluding carboxylic acids is 1. The van der Waals surface area contributed by atoms with Gasteiger partial charge in [0, 0.05) is 28.2 Å². The molecule has 26 heavy (non-hydrogen) atoms. The molecule has 1 saturated carbocycles. The second-order valence-corrected chi connectivity index (χ2v) is 9.82. The fourth-order valence-corrected chi connectivity index (χ4v) is 7.15. The van der Waals surface area contributed by atoms with Gasteiger partial charge in [-0.3, -0.25) is 4.79 Å². The number of hydrogen-bond acceptors (Lipinski definition) is 4. The van der Waals surface area contributed by atoms with Gasteiger partial charge in [-0.1, -0.05) is 51.1 Å². The van der Waals surface area contributed by atoms with E-state index in [-0.39, 0.29) is 23.4 Å². The first-order valence-electron chi connectivity index (χ1n) is 9.73. The Morgan fingerprint density at radius 3 is 2.73 bits per heavy atom. The van der Waals surface area contributed by atoms with Gasteiger partial charge in [-0.05, 0) is 24.7 Å². The van der Waals surface area contributed by atoms with Crippen LogP contribution in [0.25, 0.3) is 10.6 Å². The van der Waals surface area contributed by atoms with Crippen LogP contribution < -0.4 is 0 Å². The lowest BCUT2D eigenvalue weighted by Crippen LogP contribution is -2.50. The molecule has 0 radical (unpaired) electrons. The van der Waals surface area contributed by atoms with Gasteiger partial charge in [0.15, 0.2) is 0 Å². The van der Waals surface area contributed by atoms with E-state index in [0.717, 1.165) is 17.8 Å². The fraction of sp³-hybridized carbons (Fsp3) is 0.545. The van der Waals surface area contributed by atoms with Crippen LogP contribution in [0.15, 0.2) is 30.3 Å². The second-order valence-electron chi connectivity index (χ2n) is 8.73. The predicted molar refractivity (Wildman–Crippen MR) is 103 cm³/mol. The summed E-state index contributed by atoms with van der Waals surface area (Å²) in [5.74, 6) is 1.16. The first-order chi connectivity index (χ1) is 12.5. The topological polar surface area (TPSA) is 39.2 Å². The summed E-state index contributed by atoms with van der Waals surface area (Å²) in [6, 6.07) is 10.5. The van der Waals surface area contributed by atoms with Gasteiger partial charge >= 0.3 is 5.97 Å². The molecule has 1 saturated heterocycles. The fourth-order valence-electron chi connectivity index (χ4n) is 5.78. The van der Waals surface area contributed by atoms with Crippen molar-refractivity contribution in [2.24, 2.45) is 23.2 Å². The SMILES string of the molecule is CC1C(=O)OC2C1CCC1(C)Cc3sc(-c4ccccc4)nc3C(C)C21. The van der Waals surface area contributed by atoms with Gasteiger partial charge in [-0.2, -0.15) is 0 Å². The minimum atomic E-state index is 0.00509. The number of thiazole rings is 1. The Balaban J connectivity index is 1.56. The first-order valence-corrected chi connectivity index (χ1v) is 10.5. The number of aromatic nitrogens is 1. The molecule has 6 unspecified atom stereocenters. The highest BCUT2D eigenvalue weighted by Crippen LogP contribution is 2.59. The van der Waals surface area contributed by atoms with Crippen molar-refractivity contribution in [3.63, 3.8) is 0 Å². The lowest BCUT2D eigenvalue weighted by molar-refractivity contribution is -0.149. The van der Waals surface area contributed by atoms with E-state index in [9.17, 15) is 4.79 Å². The Labute approximate surface area is 158 Å². The molecule has 5 rings (SSSR count). The maximum absolute atomic E-state index is 12.2. The van der Waals surface area contributed by atoms with E-state index < -0.39 is 0 Å². The number of ether oxygens (including phenoxy) is 1. The zero-order valence-corrected chi connectivity index (χ0v) is 16.4. The molecule has 1 aromatic carbocycles. The van der Waals surface area contributed by atoms with Crippen molar-refractivity contribution in [2.45, 2.75) is 52.1 Å². The zero-order valence-electron chi connectivity index (χ0n) is 15.6. The summed E-state index contributed by atoms with van der Waals surface area (Å²) in [4.78, 5) is 18.7. The zero-order chi connectivity index (χ0) is 18.1. The van der Waals surface area contributed by atoms with E-state index in [1.54, 1.807) is 0 Å². The third-order valence-electron chi connectivity index (χ3n) is 7.18. The summed E-state index contributed by atoms with van der Waals surface area (Å²) in [6.07, 6.45) is 3.43. The molecule has 0 spiro atoms. The molecule has 1 aliphatic heterocycles. The van der Waals surface area contributed by atoms with E-state index in [0.29, 0.717) is 17.8 Å². The van der Waals surface area contributed by atoms with Crippen LogP contribution in [-0.4, -0.2) is 17.1 Å². The highest BCUT2D eigenvalue weighted by Gasteiger charge is 2.58. The van der Waals surface area contributed by atoms with Crippen LogP contribution in [0.2, 0.25) is 0 Å². The van der Waals surface area contributed by atoms with Crippen molar-refractivity contribution in [3.05, 3.63) is 40.9 Å². The Morgan fingerprint density at radius 1 is 1.19 bits per heavy atom. The Kier molecular flexibility index (Phi) is 3.59. The maximum atomic E-state index is 12.2. The second kappa shape index (κ2) is 5.66. The molecular weight excluding hydrogens is 342 g/mol. The molecular formula is C22H25NO2S. The van der Waals surface area contributed by atoms with Crippen LogP contribution in [0, 0.1) is 23.2 Å². The largest absolute Gasteiger partial charge is 0.461 e. The summed E-state index contributed by atoms with van der Waals surface area (Å²) in [5, 5.41) is 1.12. The molecule has 3 nitrogen and oxygen atoms in total. The summed E-state index contributed by atoms with van der Waals surface area (Å²) in [7, 11) is 0. The molecule has 4 heteroatoms. The van der Waals surface area contributed by atoms with Gasteiger partial charge in [0.2, 0.25) is 0 Å². The summed E-state index contributed by atoms with van der Waals surface area (Å²) in [6.45, 7) is 6.76. The van der Waals surface area contributed by atoms with Gasteiger partial charge in [-0.25, -0.2) is 4.98 Å². The van der Waals surface area contributed by atoms with Crippen LogP contribution in [0.3, 0.4) is 0 Å². The number of carbonyl (C=O) groups is 1. The highest BCUT2D eigenvalue weighted by atomic mass is 32.1. The lowest BCUT2D eigenvalue weighted by atomic mass is 9.54. The summed E-state index contributed by atoms with van der Waals surface area (Å²) in [5.41, 5.74) is 2.65. The number of hydrogen-bond donors (Lipinski definition) is 0. The number of fused-ring (bicyclic) bond motifs is 4. The molecule has 2 heterocycles. The molecule has 0 N–H and O–H groups in total. The average molecular weight is 368 g/mol. The minimum absolute atomic E-state index is 0.00509. The molecule has 1 aromatic heterocycles. The molecule has 0 bridgehead atoms. The number of esters is 1.